The number of hydrogen-bond donors (Lipinski definition) is 2. The molecule has 4 saturated heterocycles. The van der Waals surface area contributed by atoms with E-state index in [2.05, 4.69) is 12.2 Å². The van der Waals surface area contributed by atoms with Crippen molar-refractivity contribution in [2.75, 3.05) is 0 Å². The monoisotopic (exact) mass is 743 g/mol. The quantitative estimate of drug-likeness (QED) is 0.213. The topological polar surface area (TPSA) is 176 Å². The lowest BCUT2D eigenvalue weighted by molar-refractivity contribution is -0.344. The molecule has 1 spiro atoms. The number of epoxide rings is 1. The van der Waals surface area contributed by atoms with E-state index >= 15 is 0 Å². The number of hydrogen-bond acceptors (Lipinski definition) is 12. The fraction of sp³-hybridized carbons (Fsp3) is 0.725. The van der Waals surface area contributed by atoms with Gasteiger partial charge in [-0.2, -0.15) is 0 Å². The van der Waals surface area contributed by atoms with Crippen molar-refractivity contribution in [3.8, 4) is 0 Å². The van der Waals surface area contributed by atoms with Crippen LogP contribution in [0, 0.1) is 11.8 Å². The Morgan fingerprint density at radius 3 is 2.49 bits per heavy atom. The Bertz CT molecular complexity index is 1500. The molecule has 0 aromatic carbocycles. The highest BCUT2D eigenvalue weighted by Gasteiger charge is 2.62. The average Bonchev–Trinajstić information content (AvgIpc) is 3.82. The number of amides is 1. The number of allylic oxidation sites excluding steroid dienone is 2. The maximum absolute atomic E-state index is 13.6. The molecular weight excluding hydrogens is 686 g/mol. The maximum Gasteiger partial charge on any atom is 0.331 e. The molecule has 4 fully saturated rings. The Balaban J connectivity index is 1.41. The van der Waals surface area contributed by atoms with E-state index in [-0.39, 0.29) is 60.8 Å². The second-order valence-electron chi connectivity index (χ2n) is 15.9. The zero-order valence-electron chi connectivity index (χ0n) is 32.1. The summed E-state index contributed by atoms with van der Waals surface area (Å²) in [4.78, 5) is 64.5. The molecule has 0 saturated carbocycles. The van der Waals surface area contributed by atoms with Gasteiger partial charge in [-0.3, -0.25) is 19.2 Å². The molecule has 0 aromatic heterocycles. The predicted octanol–water partition coefficient (Wildman–Crippen LogP) is 4.48. The van der Waals surface area contributed by atoms with Crippen LogP contribution in [0.4, 0.5) is 0 Å². The Morgan fingerprint density at radius 1 is 1.02 bits per heavy atom. The number of Topliss-reactive ketones (excluding diaryl/α,β-unsaturated/α-hetero) is 2. The molecule has 13 nitrogen and oxygen atoms in total. The fourth-order valence-electron chi connectivity index (χ4n) is 8.13. The lowest BCUT2D eigenvalue weighted by Gasteiger charge is -2.53. The molecule has 1 amide bonds. The Labute approximate surface area is 312 Å². The maximum atomic E-state index is 13.6. The Morgan fingerprint density at radius 2 is 1.77 bits per heavy atom. The van der Waals surface area contributed by atoms with Crippen LogP contribution >= 0.6 is 0 Å². The number of carbonyl (C=O) groups is 5. The normalized spacial score (nSPS) is 42.0. The highest BCUT2D eigenvalue weighted by atomic mass is 16.7. The van der Waals surface area contributed by atoms with Crippen molar-refractivity contribution in [3.05, 3.63) is 36.1 Å². The zero-order valence-corrected chi connectivity index (χ0v) is 32.1. The van der Waals surface area contributed by atoms with Crippen LogP contribution in [0.25, 0.3) is 0 Å². The molecule has 7 aliphatic rings. The first-order chi connectivity index (χ1) is 25.0. The van der Waals surface area contributed by atoms with E-state index in [9.17, 15) is 29.1 Å². The van der Waals surface area contributed by atoms with Gasteiger partial charge in [0.15, 0.2) is 23.8 Å². The van der Waals surface area contributed by atoms with Crippen molar-refractivity contribution in [2.24, 2.45) is 11.8 Å². The van der Waals surface area contributed by atoms with Crippen LogP contribution in [0.15, 0.2) is 36.1 Å². The first-order valence-electron chi connectivity index (χ1n) is 19.1. The van der Waals surface area contributed by atoms with Crippen LogP contribution < -0.4 is 5.32 Å². The molecule has 13 heteroatoms. The lowest BCUT2D eigenvalue weighted by atomic mass is 9.78. The third kappa shape index (κ3) is 9.54. The number of aliphatic hydroxyl groups is 1. The van der Waals surface area contributed by atoms with Gasteiger partial charge < -0.3 is 38.8 Å². The molecule has 5 bridgehead atoms. The molecule has 53 heavy (non-hydrogen) atoms. The van der Waals surface area contributed by atoms with Gasteiger partial charge >= 0.3 is 11.9 Å². The van der Waals surface area contributed by atoms with Crippen molar-refractivity contribution < 1.29 is 57.5 Å². The van der Waals surface area contributed by atoms with Crippen LogP contribution in [-0.4, -0.2) is 94.2 Å². The van der Waals surface area contributed by atoms with Gasteiger partial charge in [0.25, 0.3) is 0 Å². The van der Waals surface area contributed by atoms with Crippen molar-refractivity contribution in [1.82, 2.24) is 5.32 Å². The fourth-order valence-corrected chi connectivity index (χ4v) is 8.13. The summed E-state index contributed by atoms with van der Waals surface area (Å²) in [5, 5.41) is 14.5. The minimum absolute atomic E-state index is 0.000260. The molecule has 0 radical (unpaired) electrons. The molecule has 0 aromatic rings. The Kier molecular flexibility index (Phi) is 12.9. The van der Waals surface area contributed by atoms with E-state index in [1.807, 2.05) is 13.8 Å². The second kappa shape index (κ2) is 16.6. The first-order valence-corrected chi connectivity index (χ1v) is 19.1. The van der Waals surface area contributed by atoms with Crippen molar-refractivity contribution >= 4 is 29.4 Å². The van der Waals surface area contributed by atoms with Crippen LogP contribution in [0.1, 0.15) is 113 Å². The van der Waals surface area contributed by atoms with Crippen LogP contribution in [0.2, 0.25) is 0 Å². The summed E-state index contributed by atoms with van der Waals surface area (Å²) in [6.45, 7) is 11.9. The van der Waals surface area contributed by atoms with Gasteiger partial charge in [0.05, 0.1) is 23.9 Å². The van der Waals surface area contributed by atoms with E-state index in [0.717, 1.165) is 6.08 Å². The van der Waals surface area contributed by atoms with E-state index in [0.29, 0.717) is 44.9 Å². The summed E-state index contributed by atoms with van der Waals surface area (Å²) < 4.78 is 37.4. The summed E-state index contributed by atoms with van der Waals surface area (Å²) in [5.74, 6) is -3.70. The standard InChI is InChI=1S/C40H57NO12/c1-8-12-33(45)41-18-11-9-10-13-30-29(44)19-23(2)28(43)22-27-20-25(4)40(51-27)17-16-38(6)32(53-40)15-14-31(52-38)35-36(50-35)37(48-26(5)42)39(7,47)24(3)21-34(46)49-30/h9-11,18,21,23,25,27,30-32,35-37,47H,8,12-17,19-20,22H2,1-7H3,(H,41,45)/b10-9+,18-11-,24-21+/t23-,25+,27-,30+,31+,32-,35-,36-,37-,38+,39-,40-/m1/s1. The lowest BCUT2D eigenvalue weighted by Crippen LogP contribution is -2.60. The van der Waals surface area contributed by atoms with Gasteiger partial charge in [-0.25, -0.2) is 4.79 Å². The second-order valence-corrected chi connectivity index (χ2v) is 15.9. The van der Waals surface area contributed by atoms with Gasteiger partial charge in [0.1, 0.15) is 23.6 Å². The van der Waals surface area contributed by atoms with Gasteiger partial charge in [0.2, 0.25) is 5.91 Å². The summed E-state index contributed by atoms with van der Waals surface area (Å²) in [6, 6.07) is 0. The smallest absolute Gasteiger partial charge is 0.331 e. The van der Waals surface area contributed by atoms with Crippen molar-refractivity contribution in [3.63, 3.8) is 0 Å². The van der Waals surface area contributed by atoms with Crippen LogP contribution in [-0.2, 0) is 52.4 Å². The largest absolute Gasteiger partial charge is 0.456 e. The molecule has 7 rings (SSSR count). The van der Waals surface area contributed by atoms with E-state index in [1.165, 1.54) is 27.0 Å². The molecule has 2 N–H and O–H groups in total. The minimum Gasteiger partial charge on any atom is -0.456 e. The molecule has 7 aliphatic heterocycles. The summed E-state index contributed by atoms with van der Waals surface area (Å²) >= 11 is 0. The summed E-state index contributed by atoms with van der Waals surface area (Å²) in [5.41, 5.74) is -2.35. The zero-order chi connectivity index (χ0) is 38.7. The number of ether oxygens (including phenoxy) is 6. The molecule has 0 unspecified atom stereocenters. The number of carbonyl (C=O) groups excluding carboxylic acids is 5. The number of nitrogens with one attached hydrogen (secondary N) is 1. The van der Waals surface area contributed by atoms with Crippen molar-refractivity contribution in [2.45, 2.75) is 172 Å². The number of esters is 2. The van der Waals surface area contributed by atoms with E-state index in [4.69, 9.17) is 28.4 Å². The van der Waals surface area contributed by atoms with Gasteiger partial charge in [0, 0.05) is 63.1 Å². The molecular formula is C40H57NO12. The molecule has 12 atom stereocenters. The van der Waals surface area contributed by atoms with Crippen LogP contribution in [0.5, 0.6) is 0 Å². The predicted molar refractivity (Wildman–Crippen MR) is 191 cm³/mol. The first kappa shape index (κ1) is 40.9. The third-order valence-corrected chi connectivity index (χ3v) is 11.6. The van der Waals surface area contributed by atoms with E-state index < -0.39 is 65.0 Å². The third-order valence-electron chi connectivity index (χ3n) is 11.6. The van der Waals surface area contributed by atoms with Gasteiger partial charge in [-0.15, -0.1) is 0 Å². The minimum atomic E-state index is -1.86. The molecule has 7 heterocycles. The number of ketones is 2. The van der Waals surface area contributed by atoms with E-state index in [1.54, 1.807) is 25.2 Å². The van der Waals surface area contributed by atoms with Crippen molar-refractivity contribution in [1.29, 1.82) is 0 Å². The molecule has 0 aliphatic carbocycles. The summed E-state index contributed by atoms with van der Waals surface area (Å²) in [6.07, 6.45) is 7.07. The van der Waals surface area contributed by atoms with Crippen LogP contribution in [0.3, 0.4) is 0 Å². The number of fused-ring (bicyclic) bond motifs is 2. The highest BCUT2D eigenvalue weighted by molar-refractivity contribution is 5.92. The molecule has 294 valence electrons. The summed E-state index contributed by atoms with van der Waals surface area (Å²) in [7, 11) is 0. The SMILES string of the molecule is CCCC(=O)N/C=C\C=C\C[C@@H]1OC(=O)/C=C(\C)[C@@](C)(O)[C@H](OC(C)=O)[C@@H]2O[C@@H]2[C@@H]2CC[C@H]3O[C@@]4(CC[C@]3(C)O2)O[C@@H](CC(=O)[C@H](C)CC1=O)C[C@@H]4C. The number of rotatable bonds is 7. The average molecular weight is 744 g/mol. The van der Waals surface area contributed by atoms with Gasteiger partial charge in [-0.05, 0) is 64.5 Å². The Hall–Kier alpha value is -3.23. The van der Waals surface area contributed by atoms with Gasteiger partial charge in [-0.1, -0.05) is 32.9 Å². The highest BCUT2D eigenvalue weighted by Crippen LogP contribution is 2.53.